The van der Waals surface area contributed by atoms with E-state index in [1.54, 1.807) is 0 Å². The first-order valence-electron chi connectivity index (χ1n) is 10.5. The van der Waals surface area contributed by atoms with Crippen LogP contribution in [0.1, 0.15) is 81.3 Å². The van der Waals surface area contributed by atoms with Crippen LogP contribution in [0.5, 0.6) is 0 Å². The lowest BCUT2D eigenvalue weighted by atomic mass is 9.93. The Morgan fingerprint density at radius 1 is 0.852 bits per heavy atom. The molecule has 3 aliphatic heterocycles. The minimum absolute atomic E-state index is 0.144. The molecule has 0 aliphatic carbocycles. The maximum Gasteiger partial charge on any atom is 0.410 e. The number of unbranched alkanes of at least 4 members (excludes halogenated alkanes) is 2. The summed E-state index contributed by atoms with van der Waals surface area (Å²) in [5, 5.41) is 2.81. The summed E-state index contributed by atoms with van der Waals surface area (Å²) < 4.78 is 13.9. The molecule has 142 valence electrons. The first-order valence-corrected chi connectivity index (χ1v) is 12.7. The van der Waals surface area contributed by atoms with Gasteiger partial charge in [-0.15, -0.1) is 12.6 Å². The molecule has 0 bridgehead atoms. The van der Waals surface area contributed by atoms with Crippen LogP contribution < -0.4 is 10.4 Å². The summed E-state index contributed by atoms with van der Waals surface area (Å²) in [6.07, 6.45) is 7.26. The largest absolute Gasteiger partial charge is 0.410 e. The second-order valence-corrected chi connectivity index (χ2v) is 11.4. The molecular formula is C23H28O2SSi. The van der Waals surface area contributed by atoms with Crippen molar-refractivity contribution in [1.82, 2.24) is 0 Å². The van der Waals surface area contributed by atoms with E-state index in [0.29, 0.717) is 0 Å². The molecule has 2 aromatic rings. The molecule has 3 heterocycles. The zero-order valence-electron chi connectivity index (χ0n) is 16.5. The average Bonchev–Trinajstić information content (AvgIpc) is 3.25. The molecule has 3 unspecified atom stereocenters. The second-order valence-electron chi connectivity index (χ2n) is 8.25. The molecule has 0 saturated heterocycles. The maximum absolute atomic E-state index is 6.98. The third-order valence-electron chi connectivity index (χ3n) is 6.53. The van der Waals surface area contributed by atoms with Crippen molar-refractivity contribution in [3.8, 4) is 11.1 Å². The average molecular weight is 397 g/mol. The van der Waals surface area contributed by atoms with Gasteiger partial charge in [-0.05, 0) is 53.6 Å². The molecule has 0 N–H and O–H groups in total. The number of benzene rings is 2. The van der Waals surface area contributed by atoms with E-state index in [1.165, 1.54) is 63.9 Å². The van der Waals surface area contributed by atoms with Crippen molar-refractivity contribution in [2.45, 2.75) is 76.4 Å². The van der Waals surface area contributed by atoms with Crippen molar-refractivity contribution in [2.75, 3.05) is 0 Å². The van der Waals surface area contributed by atoms with Gasteiger partial charge in [-0.2, -0.15) is 0 Å². The number of fused-ring (bicyclic) bond motifs is 1. The highest BCUT2D eigenvalue weighted by Gasteiger charge is 2.64. The monoisotopic (exact) mass is 396 g/mol. The molecule has 0 saturated carbocycles. The van der Waals surface area contributed by atoms with E-state index in [0.717, 1.165) is 17.7 Å². The van der Waals surface area contributed by atoms with Crippen molar-refractivity contribution in [1.29, 1.82) is 0 Å². The minimum atomic E-state index is -2.57. The van der Waals surface area contributed by atoms with E-state index in [9.17, 15) is 0 Å². The highest BCUT2D eigenvalue weighted by molar-refractivity contribution is 7.80. The summed E-state index contributed by atoms with van der Waals surface area (Å²) in [5.74, 6) is 0. The normalized spacial score (nSPS) is 26.5. The predicted octanol–water partition coefficient (Wildman–Crippen LogP) is 5.34. The highest BCUT2D eigenvalue weighted by atomic mass is 32.1. The summed E-state index contributed by atoms with van der Waals surface area (Å²) in [4.78, 5) is 1.07. The SMILES string of the molecule is CCCCC1O[Si]23OC(CCCC)c4c(S)ccc(c42)-c2ccc(C)c1c23. The van der Waals surface area contributed by atoms with Crippen molar-refractivity contribution in [3.05, 3.63) is 41.0 Å². The molecule has 3 aliphatic rings. The van der Waals surface area contributed by atoms with Gasteiger partial charge in [-0.3, -0.25) is 0 Å². The molecule has 0 radical (unpaired) electrons. The molecule has 0 aromatic heterocycles. The standard InChI is InChI=1S/C23H28O2SSi/c1-4-6-8-17-20-14(3)10-11-15-16-12-13-19(26)21-18(9-7-5-2)25-27(24-17,22(15)20)23(16)21/h10-13,17-18,26H,4-9H2,1-3H3. The zero-order valence-corrected chi connectivity index (χ0v) is 18.4. The van der Waals surface area contributed by atoms with Gasteiger partial charge in [0, 0.05) is 15.3 Å². The van der Waals surface area contributed by atoms with Crippen molar-refractivity contribution in [3.63, 3.8) is 0 Å². The Balaban J connectivity index is 1.72. The highest BCUT2D eigenvalue weighted by Crippen LogP contribution is 2.51. The van der Waals surface area contributed by atoms with Gasteiger partial charge in [0.2, 0.25) is 0 Å². The summed E-state index contributed by atoms with van der Waals surface area (Å²) in [7, 11) is -2.57. The molecule has 2 aromatic carbocycles. The molecule has 27 heavy (non-hydrogen) atoms. The van der Waals surface area contributed by atoms with Gasteiger partial charge in [-0.25, -0.2) is 0 Å². The number of thiol groups is 1. The minimum Gasteiger partial charge on any atom is -0.380 e. The Bertz CT molecular complexity index is 848. The van der Waals surface area contributed by atoms with Crippen LogP contribution in [0.2, 0.25) is 0 Å². The topological polar surface area (TPSA) is 18.5 Å². The smallest absolute Gasteiger partial charge is 0.380 e. The fourth-order valence-corrected chi connectivity index (χ4v) is 10.3. The van der Waals surface area contributed by atoms with Crippen molar-refractivity contribution >= 4 is 31.6 Å². The number of hydrogen-bond acceptors (Lipinski definition) is 3. The van der Waals surface area contributed by atoms with Gasteiger partial charge in [-0.1, -0.05) is 57.7 Å². The Morgan fingerprint density at radius 2 is 1.41 bits per heavy atom. The Labute approximate surface area is 168 Å². The molecule has 4 heteroatoms. The summed E-state index contributed by atoms with van der Waals surface area (Å²) in [6, 6.07) is 8.98. The lowest BCUT2D eigenvalue weighted by molar-refractivity contribution is 0.105. The summed E-state index contributed by atoms with van der Waals surface area (Å²) >= 11 is 4.84. The Hall–Kier alpha value is -1.07. The van der Waals surface area contributed by atoms with Crippen molar-refractivity contribution in [2.24, 2.45) is 0 Å². The number of rotatable bonds is 6. The fourth-order valence-electron chi connectivity index (χ4n) is 5.32. The predicted molar refractivity (Wildman–Crippen MR) is 116 cm³/mol. The van der Waals surface area contributed by atoms with Gasteiger partial charge in [0.15, 0.2) is 0 Å². The molecule has 3 atom stereocenters. The third-order valence-corrected chi connectivity index (χ3v) is 10.6. The number of aryl methyl sites for hydroxylation is 1. The lowest BCUT2D eigenvalue weighted by Crippen LogP contribution is -2.54. The van der Waals surface area contributed by atoms with Crippen LogP contribution in [0.25, 0.3) is 11.1 Å². The third kappa shape index (κ3) is 2.33. The van der Waals surface area contributed by atoms with E-state index < -0.39 is 8.56 Å². The quantitative estimate of drug-likeness (QED) is 0.524. The summed E-state index contributed by atoms with van der Waals surface area (Å²) in [6.45, 7) is 6.74. The van der Waals surface area contributed by atoms with Crippen LogP contribution in [-0.2, 0) is 8.85 Å². The van der Waals surface area contributed by atoms with Gasteiger partial charge >= 0.3 is 8.56 Å². The van der Waals surface area contributed by atoms with Crippen LogP contribution >= 0.6 is 12.6 Å². The Morgan fingerprint density at radius 3 is 2.04 bits per heavy atom. The van der Waals surface area contributed by atoms with Gasteiger partial charge in [0.25, 0.3) is 0 Å². The molecule has 1 spiro atoms. The Kier molecular flexibility index (Phi) is 4.32. The van der Waals surface area contributed by atoms with E-state index >= 15 is 0 Å². The molecule has 0 amide bonds. The zero-order chi connectivity index (χ0) is 18.8. The van der Waals surface area contributed by atoms with Crippen molar-refractivity contribution < 1.29 is 8.85 Å². The van der Waals surface area contributed by atoms with E-state index in [2.05, 4.69) is 45.0 Å². The van der Waals surface area contributed by atoms with Crippen LogP contribution in [0.4, 0.5) is 0 Å². The van der Waals surface area contributed by atoms with Crippen LogP contribution in [-0.4, -0.2) is 8.56 Å². The van der Waals surface area contributed by atoms with Crippen LogP contribution in [0.3, 0.4) is 0 Å². The number of hydrogen-bond donors (Lipinski definition) is 1. The lowest BCUT2D eigenvalue weighted by Gasteiger charge is -2.22. The van der Waals surface area contributed by atoms with Gasteiger partial charge in [0.05, 0.1) is 12.2 Å². The summed E-state index contributed by atoms with van der Waals surface area (Å²) in [5.41, 5.74) is 6.83. The van der Waals surface area contributed by atoms with Gasteiger partial charge in [0.1, 0.15) is 0 Å². The molecular weight excluding hydrogens is 368 g/mol. The molecule has 0 fully saturated rings. The second kappa shape index (κ2) is 6.48. The molecule has 5 rings (SSSR count). The first kappa shape index (κ1) is 18.0. The maximum atomic E-state index is 6.98. The van der Waals surface area contributed by atoms with E-state index in [4.69, 9.17) is 21.5 Å². The van der Waals surface area contributed by atoms with Crippen LogP contribution in [0, 0.1) is 6.92 Å². The first-order chi connectivity index (χ1) is 13.1. The van der Waals surface area contributed by atoms with E-state index in [1.807, 2.05) is 0 Å². The van der Waals surface area contributed by atoms with Gasteiger partial charge < -0.3 is 8.85 Å². The van der Waals surface area contributed by atoms with Crippen LogP contribution in [0.15, 0.2) is 29.2 Å². The fraction of sp³-hybridized carbons (Fsp3) is 0.478. The molecule has 2 nitrogen and oxygen atoms in total. The van der Waals surface area contributed by atoms with E-state index in [-0.39, 0.29) is 12.2 Å².